The van der Waals surface area contributed by atoms with Crippen molar-refractivity contribution < 1.29 is 0 Å². The molecular formula is C24H26N4OS. The number of hydrogen-bond acceptors (Lipinski definition) is 5. The summed E-state index contributed by atoms with van der Waals surface area (Å²) in [4.78, 5) is 17.5. The molecule has 1 N–H and O–H groups in total. The van der Waals surface area contributed by atoms with Crippen molar-refractivity contribution in [3.8, 4) is 11.1 Å². The van der Waals surface area contributed by atoms with Gasteiger partial charge in [-0.2, -0.15) is 9.61 Å². The van der Waals surface area contributed by atoms with Gasteiger partial charge in [0.2, 0.25) is 4.96 Å². The first-order valence-corrected chi connectivity index (χ1v) is 11.0. The van der Waals surface area contributed by atoms with Crippen molar-refractivity contribution in [2.75, 3.05) is 5.32 Å². The van der Waals surface area contributed by atoms with Crippen molar-refractivity contribution in [1.82, 2.24) is 14.6 Å². The Kier molecular flexibility index (Phi) is 5.43. The van der Waals surface area contributed by atoms with Crippen LogP contribution in [0.4, 0.5) is 5.69 Å². The van der Waals surface area contributed by atoms with Crippen LogP contribution in [0.1, 0.15) is 44.0 Å². The number of benzene rings is 2. The number of nitrogens with zero attached hydrogens (tertiary/aromatic N) is 3. The summed E-state index contributed by atoms with van der Waals surface area (Å²) in [7, 11) is 0. The van der Waals surface area contributed by atoms with E-state index < -0.39 is 0 Å². The molecule has 2 aromatic carbocycles. The minimum Gasteiger partial charge on any atom is -0.379 e. The van der Waals surface area contributed by atoms with E-state index in [0.29, 0.717) is 17.2 Å². The number of hydrogen-bond donors (Lipinski definition) is 1. The number of aryl methyl sites for hydroxylation is 1. The molecule has 0 fully saturated rings. The van der Waals surface area contributed by atoms with E-state index in [-0.39, 0.29) is 11.0 Å². The Hall–Kier alpha value is -2.99. The van der Waals surface area contributed by atoms with E-state index in [4.69, 9.17) is 0 Å². The number of nitrogens with one attached hydrogen (secondary N) is 1. The van der Waals surface area contributed by atoms with Crippen LogP contribution in [0.5, 0.6) is 0 Å². The van der Waals surface area contributed by atoms with Crippen LogP contribution in [0.15, 0.2) is 59.4 Å². The molecule has 0 radical (unpaired) electrons. The molecule has 0 atom stereocenters. The normalized spacial score (nSPS) is 11.7. The molecule has 0 unspecified atom stereocenters. The fourth-order valence-electron chi connectivity index (χ4n) is 3.29. The minimum absolute atomic E-state index is 0.138. The summed E-state index contributed by atoms with van der Waals surface area (Å²) in [5, 5.41) is 8.60. The van der Waals surface area contributed by atoms with Gasteiger partial charge in [0.25, 0.3) is 5.56 Å². The lowest BCUT2D eigenvalue weighted by molar-refractivity contribution is 0.590. The van der Waals surface area contributed by atoms with Gasteiger partial charge in [0.15, 0.2) is 0 Å². The average molecular weight is 419 g/mol. The second kappa shape index (κ2) is 8.03. The molecule has 0 saturated carbocycles. The van der Waals surface area contributed by atoms with Crippen LogP contribution in [-0.2, 0) is 18.4 Å². The molecule has 5 nitrogen and oxygen atoms in total. The zero-order valence-corrected chi connectivity index (χ0v) is 18.6. The van der Waals surface area contributed by atoms with E-state index in [0.717, 1.165) is 22.7 Å². The van der Waals surface area contributed by atoms with Gasteiger partial charge >= 0.3 is 0 Å². The highest BCUT2D eigenvalue weighted by Gasteiger charge is 2.13. The summed E-state index contributed by atoms with van der Waals surface area (Å²) in [6, 6.07) is 18.6. The molecule has 0 amide bonds. The zero-order valence-electron chi connectivity index (χ0n) is 17.8. The Morgan fingerprint density at radius 3 is 2.50 bits per heavy atom. The first-order valence-electron chi connectivity index (χ1n) is 10.2. The van der Waals surface area contributed by atoms with Crippen molar-refractivity contribution in [3.05, 3.63) is 81.2 Å². The van der Waals surface area contributed by atoms with E-state index >= 15 is 0 Å². The van der Waals surface area contributed by atoms with E-state index in [1.165, 1.54) is 27.0 Å². The molecule has 154 valence electrons. The molecule has 4 rings (SSSR count). The molecular weight excluding hydrogens is 392 g/mol. The van der Waals surface area contributed by atoms with Crippen molar-refractivity contribution in [2.45, 2.75) is 46.1 Å². The standard InChI is InChI=1S/C24H26N4OS/c1-5-21-27-28-22(29)14-20(26-23(28)30-21)15-25-19-8-6-7-17(13-19)16-9-11-18(12-10-16)24(2,3)4/h6-14,25H,5,15H2,1-4H3. The quantitative estimate of drug-likeness (QED) is 0.478. The van der Waals surface area contributed by atoms with Crippen LogP contribution in [-0.4, -0.2) is 14.6 Å². The monoisotopic (exact) mass is 418 g/mol. The summed E-state index contributed by atoms with van der Waals surface area (Å²) in [6.07, 6.45) is 0.796. The molecule has 0 aliphatic rings. The van der Waals surface area contributed by atoms with Crippen molar-refractivity contribution in [3.63, 3.8) is 0 Å². The highest BCUT2D eigenvalue weighted by Crippen LogP contribution is 2.27. The van der Waals surface area contributed by atoms with Crippen molar-refractivity contribution in [1.29, 1.82) is 0 Å². The topological polar surface area (TPSA) is 59.3 Å². The Morgan fingerprint density at radius 2 is 1.80 bits per heavy atom. The van der Waals surface area contributed by atoms with Gasteiger partial charge in [-0.1, -0.05) is 75.4 Å². The van der Waals surface area contributed by atoms with E-state index in [9.17, 15) is 4.79 Å². The van der Waals surface area contributed by atoms with E-state index in [1.54, 1.807) is 6.07 Å². The third kappa shape index (κ3) is 4.28. The fraction of sp³-hybridized carbons (Fsp3) is 0.292. The summed E-state index contributed by atoms with van der Waals surface area (Å²) in [6.45, 7) is 9.17. The molecule has 30 heavy (non-hydrogen) atoms. The molecule has 0 aliphatic carbocycles. The van der Waals surface area contributed by atoms with Crippen LogP contribution in [0.3, 0.4) is 0 Å². The van der Waals surface area contributed by atoms with E-state index in [2.05, 4.69) is 72.6 Å². The minimum atomic E-state index is -0.138. The van der Waals surface area contributed by atoms with Gasteiger partial charge in [-0.15, -0.1) is 0 Å². The summed E-state index contributed by atoms with van der Waals surface area (Å²) in [5.41, 5.74) is 5.37. The predicted molar refractivity (Wildman–Crippen MR) is 124 cm³/mol. The molecule has 0 saturated heterocycles. The molecule has 2 aromatic heterocycles. The Bertz CT molecular complexity index is 1230. The van der Waals surface area contributed by atoms with Crippen LogP contribution in [0, 0.1) is 0 Å². The highest BCUT2D eigenvalue weighted by atomic mass is 32.1. The van der Waals surface area contributed by atoms with Crippen LogP contribution >= 0.6 is 11.3 Å². The SMILES string of the molecule is CCc1nn2c(=O)cc(CNc3cccc(-c4ccc(C(C)(C)C)cc4)c3)nc2s1. The Balaban J connectivity index is 1.52. The lowest BCUT2D eigenvalue weighted by atomic mass is 9.86. The molecule has 0 spiro atoms. The first kappa shape index (κ1) is 20.3. The third-order valence-electron chi connectivity index (χ3n) is 5.06. The molecule has 0 bridgehead atoms. The molecule has 0 aliphatic heterocycles. The fourth-order valence-corrected chi connectivity index (χ4v) is 4.15. The van der Waals surface area contributed by atoms with Crippen LogP contribution in [0.25, 0.3) is 16.1 Å². The largest absolute Gasteiger partial charge is 0.379 e. The molecule has 6 heteroatoms. The van der Waals surface area contributed by atoms with Crippen molar-refractivity contribution >= 4 is 22.0 Å². The van der Waals surface area contributed by atoms with Gasteiger partial charge in [0.05, 0.1) is 12.2 Å². The summed E-state index contributed by atoms with van der Waals surface area (Å²) in [5.74, 6) is 0. The Morgan fingerprint density at radius 1 is 1.03 bits per heavy atom. The molecule has 4 aromatic rings. The number of aromatic nitrogens is 3. The lowest BCUT2D eigenvalue weighted by Gasteiger charge is -2.19. The maximum Gasteiger partial charge on any atom is 0.275 e. The van der Waals surface area contributed by atoms with Gasteiger partial charge in [-0.3, -0.25) is 4.79 Å². The second-order valence-electron chi connectivity index (χ2n) is 8.39. The highest BCUT2D eigenvalue weighted by molar-refractivity contribution is 7.16. The number of anilines is 1. The maximum atomic E-state index is 12.3. The van der Waals surface area contributed by atoms with Gasteiger partial charge in [0.1, 0.15) is 5.01 Å². The summed E-state index contributed by atoms with van der Waals surface area (Å²) >= 11 is 1.46. The zero-order chi connectivity index (χ0) is 21.3. The number of fused-ring (bicyclic) bond motifs is 1. The van der Waals surface area contributed by atoms with Gasteiger partial charge in [0, 0.05) is 11.8 Å². The van der Waals surface area contributed by atoms with E-state index in [1.807, 2.05) is 19.1 Å². The third-order valence-corrected chi connectivity index (χ3v) is 6.12. The maximum absolute atomic E-state index is 12.3. The van der Waals surface area contributed by atoms with Gasteiger partial charge < -0.3 is 5.32 Å². The van der Waals surface area contributed by atoms with Crippen LogP contribution in [0.2, 0.25) is 0 Å². The smallest absolute Gasteiger partial charge is 0.275 e. The Labute approximate surface area is 180 Å². The van der Waals surface area contributed by atoms with Gasteiger partial charge in [-0.05, 0) is 40.7 Å². The lowest BCUT2D eigenvalue weighted by Crippen LogP contribution is -2.16. The molecule has 2 heterocycles. The van der Waals surface area contributed by atoms with Gasteiger partial charge in [-0.25, -0.2) is 4.98 Å². The van der Waals surface area contributed by atoms with Crippen LogP contribution < -0.4 is 10.9 Å². The average Bonchev–Trinajstić information content (AvgIpc) is 3.16. The van der Waals surface area contributed by atoms with Crippen molar-refractivity contribution in [2.24, 2.45) is 0 Å². The number of rotatable bonds is 5. The summed E-state index contributed by atoms with van der Waals surface area (Å²) < 4.78 is 1.38. The second-order valence-corrected chi connectivity index (χ2v) is 9.43. The first-order chi connectivity index (χ1) is 14.3. The predicted octanol–water partition coefficient (Wildman–Crippen LogP) is 5.29.